The largest absolute Gasteiger partial charge is 0.423 e. The number of aliphatic hydroxyl groups is 1. The molecule has 38 heavy (non-hydrogen) atoms. The molecule has 2 aromatic rings. The zero-order valence-electron chi connectivity index (χ0n) is 20.8. The molecule has 2 aromatic heterocycles. The summed E-state index contributed by atoms with van der Waals surface area (Å²) in [5, 5.41) is 16.8. The van der Waals surface area contributed by atoms with E-state index in [1.807, 2.05) is 10.00 Å². The molecule has 3 aliphatic heterocycles. The number of rotatable bonds is 7. The number of hydrogen-bond donors (Lipinski definition) is 2. The van der Waals surface area contributed by atoms with Crippen molar-refractivity contribution >= 4 is 23.2 Å². The quantitative estimate of drug-likeness (QED) is 0.531. The van der Waals surface area contributed by atoms with Gasteiger partial charge in [-0.25, -0.2) is 15.1 Å². The number of hydrogen-bond acceptors (Lipinski definition) is 9. The number of nitrogens with zero attached hydrogens (tertiary/aromatic N) is 6. The Kier molecular flexibility index (Phi) is 8.08. The Balaban J connectivity index is 1.12. The van der Waals surface area contributed by atoms with Gasteiger partial charge in [0.25, 0.3) is 5.56 Å². The van der Waals surface area contributed by atoms with Gasteiger partial charge in [0, 0.05) is 32.7 Å². The van der Waals surface area contributed by atoms with Crippen LogP contribution in [0, 0.1) is 0 Å². The highest BCUT2D eigenvalue weighted by molar-refractivity contribution is 6.30. The second-order valence-corrected chi connectivity index (χ2v) is 10.5. The van der Waals surface area contributed by atoms with Crippen LogP contribution in [0.3, 0.4) is 0 Å². The highest BCUT2D eigenvalue weighted by atomic mass is 35.5. The van der Waals surface area contributed by atoms with Gasteiger partial charge in [0.05, 0.1) is 47.6 Å². The van der Waals surface area contributed by atoms with Gasteiger partial charge in [-0.1, -0.05) is 11.6 Å². The summed E-state index contributed by atoms with van der Waals surface area (Å²) in [5.74, 6) is 0.619. The molecule has 3 aliphatic rings. The van der Waals surface area contributed by atoms with Crippen LogP contribution < -0.4 is 15.4 Å². The molecule has 2 N–H and O–H groups in total. The molecular formula is C24H31ClF3N7O3. The second-order valence-electron chi connectivity index (χ2n) is 10.0. The minimum absolute atomic E-state index is 0.0692. The van der Waals surface area contributed by atoms with Crippen LogP contribution in [0.2, 0.25) is 5.02 Å². The highest BCUT2D eigenvalue weighted by Crippen LogP contribution is 2.39. The van der Waals surface area contributed by atoms with Crippen molar-refractivity contribution in [2.45, 2.75) is 69.2 Å². The summed E-state index contributed by atoms with van der Waals surface area (Å²) in [6, 6.07) is -0.252. The summed E-state index contributed by atoms with van der Waals surface area (Å²) in [7, 11) is 0. The lowest BCUT2D eigenvalue weighted by Crippen LogP contribution is -2.51. The van der Waals surface area contributed by atoms with Crippen LogP contribution in [0.4, 0.5) is 24.8 Å². The number of H-pyrrole nitrogens is 1. The van der Waals surface area contributed by atoms with E-state index in [2.05, 4.69) is 20.0 Å². The number of aromatic amines is 1. The maximum Gasteiger partial charge on any atom is 0.423 e. The van der Waals surface area contributed by atoms with E-state index in [1.165, 1.54) is 0 Å². The van der Waals surface area contributed by atoms with Crippen LogP contribution in [0.5, 0.6) is 0 Å². The standard InChI is InChI=1S/C24H31ClF3N7O3/c25-15-12-29-23(30-13-15)34-10-8-33(9-11-34)20(36)6-4-16-3-5-19(38-16)17-2-1-7-35(17)18-14-31-32-22(37)21(18)24(26,27)28/h12-14,16-17,19-20,36H,1-11H2,(H,32,37)/t16-,17+,19+,20?/m1/s1. The first-order chi connectivity index (χ1) is 18.2. The zero-order chi connectivity index (χ0) is 26.9. The molecule has 14 heteroatoms. The van der Waals surface area contributed by atoms with Crippen LogP contribution in [0.1, 0.15) is 44.1 Å². The SMILES string of the molecule is O=c1[nH]ncc(N2CCC[C@H]2[C@@H]2CC[C@H](CCC(O)N3CCN(c4ncc(Cl)cn4)CC3)O2)c1C(F)(F)F. The molecule has 0 saturated carbocycles. The van der Waals surface area contributed by atoms with E-state index in [0.717, 1.165) is 19.0 Å². The number of nitrogens with one attached hydrogen (secondary N) is 1. The average molecular weight is 558 g/mol. The molecule has 0 aromatic carbocycles. The lowest BCUT2D eigenvalue weighted by molar-refractivity contribution is -0.138. The average Bonchev–Trinajstić information content (AvgIpc) is 3.57. The van der Waals surface area contributed by atoms with Crippen molar-refractivity contribution in [1.82, 2.24) is 25.1 Å². The third-order valence-corrected chi connectivity index (χ3v) is 7.87. The predicted octanol–water partition coefficient (Wildman–Crippen LogP) is 2.67. The highest BCUT2D eigenvalue weighted by Gasteiger charge is 2.43. The molecule has 5 heterocycles. The lowest BCUT2D eigenvalue weighted by Gasteiger charge is -2.37. The summed E-state index contributed by atoms with van der Waals surface area (Å²) in [6.45, 7) is 3.13. The van der Waals surface area contributed by atoms with Gasteiger partial charge in [-0.05, 0) is 38.5 Å². The molecule has 0 radical (unpaired) electrons. The fourth-order valence-corrected chi connectivity index (χ4v) is 5.89. The number of halogens is 4. The van der Waals surface area contributed by atoms with E-state index in [-0.39, 0.29) is 23.9 Å². The zero-order valence-corrected chi connectivity index (χ0v) is 21.5. The summed E-state index contributed by atoms with van der Waals surface area (Å²) < 4.78 is 47.2. The lowest BCUT2D eigenvalue weighted by atomic mass is 10.0. The number of alkyl halides is 3. The van der Waals surface area contributed by atoms with E-state index in [1.54, 1.807) is 17.3 Å². The van der Waals surface area contributed by atoms with Crippen molar-refractivity contribution in [3.63, 3.8) is 0 Å². The molecule has 5 rings (SSSR count). The predicted molar refractivity (Wildman–Crippen MR) is 134 cm³/mol. The van der Waals surface area contributed by atoms with Gasteiger partial charge in [0.1, 0.15) is 11.8 Å². The molecular weight excluding hydrogens is 527 g/mol. The number of ether oxygens (including phenoxy) is 1. The van der Waals surface area contributed by atoms with E-state index in [9.17, 15) is 23.1 Å². The van der Waals surface area contributed by atoms with Gasteiger partial charge >= 0.3 is 6.18 Å². The van der Waals surface area contributed by atoms with Crippen LogP contribution in [0.15, 0.2) is 23.4 Å². The van der Waals surface area contributed by atoms with E-state index in [0.29, 0.717) is 69.4 Å². The van der Waals surface area contributed by atoms with Crippen LogP contribution in [-0.4, -0.2) is 87.4 Å². The molecule has 0 spiro atoms. The first-order valence-electron chi connectivity index (χ1n) is 12.9. The van der Waals surface area contributed by atoms with Crippen molar-refractivity contribution < 1.29 is 23.0 Å². The van der Waals surface area contributed by atoms with E-state index >= 15 is 0 Å². The molecule has 1 unspecified atom stereocenters. The Morgan fingerprint density at radius 2 is 1.84 bits per heavy atom. The summed E-state index contributed by atoms with van der Waals surface area (Å²) >= 11 is 5.86. The van der Waals surface area contributed by atoms with E-state index < -0.39 is 23.5 Å². The molecule has 4 atom stereocenters. The Bertz CT molecular complexity index is 1140. The number of piperazine rings is 1. The molecule has 0 aliphatic carbocycles. The monoisotopic (exact) mass is 557 g/mol. The Morgan fingerprint density at radius 3 is 2.55 bits per heavy atom. The van der Waals surface area contributed by atoms with Crippen molar-refractivity contribution in [1.29, 1.82) is 0 Å². The first kappa shape index (κ1) is 27.1. The van der Waals surface area contributed by atoms with Crippen LogP contribution in [-0.2, 0) is 10.9 Å². The van der Waals surface area contributed by atoms with Gasteiger partial charge in [-0.2, -0.15) is 18.3 Å². The molecule has 10 nitrogen and oxygen atoms in total. The van der Waals surface area contributed by atoms with Crippen molar-refractivity contribution in [2.75, 3.05) is 42.5 Å². The normalized spacial score (nSPS) is 25.8. The summed E-state index contributed by atoms with van der Waals surface area (Å²) in [4.78, 5) is 26.2. The van der Waals surface area contributed by atoms with Crippen molar-refractivity contribution in [3.05, 3.63) is 39.5 Å². The topological polar surface area (TPSA) is 111 Å². The molecule has 0 bridgehead atoms. The molecule has 0 amide bonds. The fraction of sp³-hybridized carbons (Fsp3) is 0.667. The number of anilines is 2. The Labute approximate surface area is 222 Å². The summed E-state index contributed by atoms with van der Waals surface area (Å²) in [5.41, 5.74) is -2.63. The third kappa shape index (κ3) is 5.90. The number of aliphatic hydroxyl groups excluding tert-OH is 1. The van der Waals surface area contributed by atoms with Crippen molar-refractivity contribution in [3.8, 4) is 0 Å². The maximum absolute atomic E-state index is 13.6. The Hall–Kier alpha value is -2.48. The summed E-state index contributed by atoms with van der Waals surface area (Å²) in [6.07, 6.45) is 2.64. The molecule has 3 fully saturated rings. The smallest absolute Gasteiger partial charge is 0.378 e. The second kappa shape index (κ2) is 11.3. The van der Waals surface area contributed by atoms with Gasteiger partial charge in [-0.3, -0.25) is 9.69 Å². The molecule has 3 saturated heterocycles. The number of aromatic nitrogens is 4. The van der Waals surface area contributed by atoms with Gasteiger partial charge in [-0.15, -0.1) is 0 Å². The third-order valence-electron chi connectivity index (χ3n) is 7.67. The minimum Gasteiger partial charge on any atom is -0.378 e. The minimum atomic E-state index is -4.78. The fourth-order valence-electron chi connectivity index (χ4n) is 5.79. The van der Waals surface area contributed by atoms with Gasteiger partial charge in [0.2, 0.25) is 5.95 Å². The first-order valence-corrected chi connectivity index (χ1v) is 13.3. The molecule has 208 valence electrons. The van der Waals surface area contributed by atoms with E-state index in [4.69, 9.17) is 16.3 Å². The maximum atomic E-state index is 13.6. The Morgan fingerprint density at radius 1 is 1.11 bits per heavy atom. The van der Waals surface area contributed by atoms with Gasteiger partial charge in [0.15, 0.2) is 0 Å². The van der Waals surface area contributed by atoms with Crippen LogP contribution >= 0.6 is 11.6 Å². The van der Waals surface area contributed by atoms with Crippen LogP contribution in [0.25, 0.3) is 0 Å². The van der Waals surface area contributed by atoms with Crippen molar-refractivity contribution in [2.24, 2.45) is 0 Å². The van der Waals surface area contributed by atoms with Gasteiger partial charge < -0.3 is 19.6 Å².